The summed E-state index contributed by atoms with van der Waals surface area (Å²) in [5.74, 6) is 0.394. The van der Waals surface area contributed by atoms with E-state index in [0.29, 0.717) is 44.6 Å². The molecule has 3 rings (SSSR count). The molecule has 0 atom stereocenters. The molecule has 1 aliphatic heterocycles. The van der Waals surface area contributed by atoms with E-state index in [1.165, 1.54) is 12.8 Å². The van der Waals surface area contributed by atoms with E-state index in [1.807, 2.05) is 9.80 Å². The summed E-state index contributed by atoms with van der Waals surface area (Å²) in [6.07, 6.45) is 0.799. The fraction of sp³-hybridized carbons (Fsp3) is 0.647. The van der Waals surface area contributed by atoms with E-state index >= 15 is 0 Å². The molecule has 1 saturated heterocycles. The highest BCUT2D eigenvalue weighted by atomic mass is 35.5. The molecule has 1 aromatic rings. The summed E-state index contributed by atoms with van der Waals surface area (Å²) in [4.78, 5) is 19.9. The van der Waals surface area contributed by atoms with E-state index < -0.39 is 11.7 Å². The number of carbonyl (C=O) groups is 1. The lowest BCUT2D eigenvalue weighted by atomic mass is 10.2. The molecule has 1 amide bonds. The number of halogens is 4. The van der Waals surface area contributed by atoms with Gasteiger partial charge in [-0.15, -0.1) is 0 Å². The van der Waals surface area contributed by atoms with Crippen molar-refractivity contribution in [2.24, 2.45) is 0 Å². The van der Waals surface area contributed by atoms with Crippen LogP contribution < -0.4 is 10.2 Å². The highest BCUT2D eigenvalue weighted by Gasteiger charge is 2.32. The van der Waals surface area contributed by atoms with Gasteiger partial charge in [0.05, 0.1) is 17.1 Å². The van der Waals surface area contributed by atoms with Gasteiger partial charge in [-0.2, -0.15) is 13.2 Å². The Morgan fingerprint density at radius 3 is 2.46 bits per heavy atom. The molecule has 0 radical (unpaired) electrons. The number of alkyl halides is 3. The maximum atomic E-state index is 12.7. The zero-order valence-electron chi connectivity index (χ0n) is 14.4. The van der Waals surface area contributed by atoms with Crippen molar-refractivity contribution in [1.29, 1.82) is 0 Å². The summed E-state index contributed by atoms with van der Waals surface area (Å²) in [7, 11) is 0. The Morgan fingerprint density at radius 2 is 1.88 bits per heavy atom. The van der Waals surface area contributed by atoms with Crippen LogP contribution in [0, 0.1) is 0 Å². The van der Waals surface area contributed by atoms with Crippen molar-refractivity contribution in [1.82, 2.24) is 15.2 Å². The maximum Gasteiger partial charge on any atom is 0.417 e. The van der Waals surface area contributed by atoms with Gasteiger partial charge in [0.2, 0.25) is 5.91 Å². The molecule has 1 N–H and O–H groups in total. The fourth-order valence-corrected chi connectivity index (χ4v) is 3.77. The summed E-state index contributed by atoms with van der Waals surface area (Å²) in [6.45, 7) is 2.75. The first kappa shape index (κ1) is 19.2. The van der Waals surface area contributed by atoms with Gasteiger partial charge >= 0.3 is 6.18 Å². The minimum Gasteiger partial charge on any atom is -0.353 e. The fourth-order valence-electron chi connectivity index (χ4n) is 3.48. The minimum absolute atomic E-state index is 0.00717. The third-order valence-corrected chi connectivity index (χ3v) is 5.19. The number of hydrogen-bond donors (Lipinski definition) is 1. The molecule has 0 bridgehead atoms. The van der Waals surface area contributed by atoms with Crippen molar-refractivity contribution < 1.29 is 18.0 Å². The molecule has 2 fully saturated rings. The number of aromatic nitrogens is 1. The molecule has 26 heavy (non-hydrogen) atoms. The van der Waals surface area contributed by atoms with Crippen LogP contribution in [-0.2, 0) is 11.0 Å². The van der Waals surface area contributed by atoms with Gasteiger partial charge in [0.15, 0.2) is 0 Å². The molecule has 2 heterocycles. The molecule has 1 aliphatic carbocycles. The molecule has 144 valence electrons. The van der Waals surface area contributed by atoms with Gasteiger partial charge in [-0.3, -0.25) is 9.69 Å². The van der Waals surface area contributed by atoms with Crippen molar-refractivity contribution in [3.05, 3.63) is 22.8 Å². The predicted molar refractivity (Wildman–Crippen MR) is 93.3 cm³/mol. The Kier molecular flexibility index (Phi) is 5.92. The topological polar surface area (TPSA) is 48.5 Å². The van der Waals surface area contributed by atoms with E-state index in [0.717, 1.165) is 25.1 Å². The van der Waals surface area contributed by atoms with Crippen LogP contribution in [0.5, 0.6) is 0 Å². The molecule has 2 aliphatic rings. The molecule has 1 saturated carbocycles. The SMILES string of the molecule is O=C(CN1CCN(c2ncc(C(F)(F)F)cc2Cl)CC1)NC1CCCC1. The Bertz CT molecular complexity index is 641. The van der Waals surface area contributed by atoms with Gasteiger partial charge in [-0.25, -0.2) is 4.98 Å². The smallest absolute Gasteiger partial charge is 0.353 e. The number of hydrogen-bond acceptors (Lipinski definition) is 4. The third kappa shape index (κ3) is 4.79. The molecular weight excluding hydrogens is 369 g/mol. The quantitative estimate of drug-likeness (QED) is 0.858. The van der Waals surface area contributed by atoms with Crippen LogP contribution in [0.3, 0.4) is 0 Å². The first-order valence-corrected chi connectivity index (χ1v) is 9.20. The van der Waals surface area contributed by atoms with Crippen LogP contribution in [0.25, 0.3) is 0 Å². The summed E-state index contributed by atoms with van der Waals surface area (Å²) in [6, 6.07) is 1.21. The van der Waals surface area contributed by atoms with Crippen LogP contribution >= 0.6 is 11.6 Å². The number of anilines is 1. The normalized spacial score (nSPS) is 19.8. The first-order chi connectivity index (χ1) is 12.3. The Morgan fingerprint density at radius 1 is 1.23 bits per heavy atom. The molecule has 0 unspecified atom stereocenters. The molecule has 5 nitrogen and oxygen atoms in total. The zero-order valence-corrected chi connectivity index (χ0v) is 15.1. The number of carbonyl (C=O) groups excluding carboxylic acids is 1. The largest absolute Gasteiger partial charge is 0.417 e. The molecular formula is C17H22ClF3N4O. The second-order valence-electron chi connectivity index (χ2n) is 6.84. The average Bonchev–Trinajstić information content (AvgIpc) is 3.07. The van der Waals surface area contributed by atoms with Crippen molar-refractivity contribution in [2.45, 2.75) is 37.9 Å². The summed E-state index contributed by atoms with van der Waals surface area (Å²) >= 11 is 6.00. The molecule has 1 aromatic heterocycles. The standard InChI is InChI=1S/C17H22ClF3N4O/c18-14-9-12(17(19,20)21)10-22-16(14)25-7-5-24(6-8-25)11-15(26)23-13-3-1-2-4-13/h9-10,13H,1-8,11H2,(H,23,26). The van der Waals surface area contributed by atoms with Gasteiger partial charge in [-0.1, -0.05) is 24.4 Å². The van der Waals surface area contributed by atoms with Crippen molar-refractivity contribution in [3.8, 4) is 0 Å². The zero-order chi connectivity index (χ0) is 18.7. The molecule has 9 heteroatoms. The van der Waals surface area contributed by atoms with Crippen LogP contribution in [0.1, 0.15) is 31.2 Å². The summed E-state index contributed by atoms with van der Waals surface area (Å²) in [5.41, 5.74) is -0.853. The van der Waals surface area contributed by atoms with Gasteiger partial charge in [0.25, 0.3) is 0 Å². The van der Waals surface area contributed by atoms with E-state index in [9.17, 15) is 18.0 Å². The number of amides is 1. The highest BCUT2D eigenvalue weighted by molar-refractivity contribution is 6.33. The average molecular weight is 391 g/mol. The predicted octanol–water partition coefficient (Wildman–Crippen LogP) is 2.93. The Labute approximate surface area is 155 Å². The summed E-state index contributed by atoms with van der Waals surface area (Å²) < 4.78 is 38.1. The number of rotatable bonds is 4. The van der Waals surface area contributed by atoms with E-state index in [1.54, 1.807) is 0 Å². The number of nitrogens with zero attached hydrogens (tertiary/aromatic N) is 3. The molecule has 0 spiro atoms. The lowest BCUT2D eigenvalue weighted by Crippen LogP contribution is -2.50. The monoisotopic (exact) mass is 390 g/mol. The molecule has 0 aromatic carbocycles. The van der Waals surface area contributed by atoms with Crippen molar-refractivity contribution >= 4 is 23.3 Å². The van der Waals surface area contributed by atoms with Crippen molar-refractivity contribution in [2.75, 3.05) is 37.6 Å². The van der Waals surface area contributed by atoms with Gasteiger partial charge in [0, 0.05) is 38.4 Å². The second kappa shape index (κ2) is 8.00. The lowest BCUT2D eigenvalue weighted by Gasteiger charge is -2.35. The number of piperazine rings is 1. The van der Waals surface area contributed by atoms with Crippen molar-refractivity contribution in [3.63, 3.8) is 0 Å². The van der Waals surface area contributed by atoms with E-state index in [2.05, 4.69) is 10.3 Å². The van der Waals surface area contributed by atoms with Crippen LogP contribution in [0.2, 0.25) is 5.02 Å². The van der Waals surface area contributed by atoms with E-state index in [4.69, 9.17) is 11.6 Å². The Balaban J connectivity index is 1.51. The van der Waals surface area contributed by atoms with Crippen LogP contribution in [0.4, 0.5) is 19.0 Å². The van der Waals surface area contributed by atoms with Crippen LogP contribution in [0.15, 0.2) is 12.3 Å². The number of pyridine rings is 1. The lowest BCUT2D eigenvalue weighted by molar-refractivity contribution is -0.137. The maximum absolute atomic E-state index is 12.7. The van der Waals surface area contributed by atoms with Gasteiger partial charge in [0.1, 0.15) is 5.82 Å². The first-order valence-electron chi connectivity index (χ1n) is 8.82. The second-order valence-corrected chi connectivity index (χ2v) is 7.25. The van der Waals surface area contributed by atoms with E-state index in [-0.39, 0.29) is 10.9 Å². The third-order valence-electron chi connectivity index (χ3n) is 4.91. The number of nitrogens with one attached hydrogen (secondary N) is 1. The van der Waals surface area contributed by atoms with Gasteiger partial charge in [-0.05, 0) is 18.9 Å². The Hall–Kier alpha value is -1.54. The van der Waals surface area contributed by atoms with Gasteiger partial charge < -0.3 is 10.2 Å². The highest BCUT2D eigenvalue weighted by Crippen LogP contribution is 2.33. The minimum atomic E-state index is -4.46. The van der Waals surface area contributed by atoms with Crippen LogP contribution in [-0.4, -0.2) is 54.6 Å². The summed E-state index contributed by atoms with van der Waals surface area (Å²) in [5, 5.41) is 3.06.